The number of ether oxygens (including phenoxy) is 2. The third-order valence-electron chi connectivity index (χ3n) is 3.23. The average Bonchev–Trinajstić information content (AvgIpc) is 2.30. The van der Waals surface area contributed by atoms with Crippen LogP contribution >= 0.6 is 0 Å². The third kappa shape index (κ3) is 3.14. The van der Waals surface area contributed by atoms with Gasteiger partial charge >= 0.3 is 0 Å². The van der Waals surface area contributed by atoms with Crippen molar-refractivity contribution < 1.29 is 14.6 Å². The molecule has 0 aliphatic heterocycles. The second kappa shape index (κ2) is 6.43. The minimum atomic E-state index is -0.317. The molecule has 1 rings (SSSR count). The molecule has 0 spiro atoms. The smallest absolute Gasteiger partial charge is 0.106 e. The zero-order chi connectivity index (χ0) is 11.1. The molecule has 0 aromatic rings. The predicted molar refractivity (Wildman–Crippen MR) is 58.7 cm³/mol. The van der Waals surface area contributed by atoms with Gasteiger partial charge in [-0.05, 0) is 19.3 Å². The van der Waals surface area contributed by atoms with Crippen molar-refractivity contribution in [2.24, 2.45) is 5.73 Å². The first-order valence-corrected chi connectivity index (χ1v) is 5.77. The molecule has 90 valence electrons. The van der Waals surface area contributed by atoms with Crippen molar-refractivity contribution in [2.75, 3.05) is 26.9 Å². The Balaban J connectivity index is 2.53. The summed E-state index contributed by atoms with van der Waals surface area (Å²) in [6.45, 7) is 1.22. The van der Waals surface area contributed by atoms with Gasteiger partial charge in [-0.2, -0.15) is 0 Å². The van der Waals surface area contributed by atoms with Gasteiger partial charge in [0.05, 0.1) is 6.10 Å². The van der Waals surface area contributed by atoms with E-state index in [0.29, 0.717) is 19.6 Å². The van der Waals surface area contributed by atoms with Crippen LogP contribution in [0.5, 0.6) is 0 Å². The van der Waals surface area contributed by atoms with Gasteiger partial charge in [-0.3, -0.25) is 0 Å². The molecule has 0 amide bonds. The van der Waals surface area contributed by atoms with Gasteiger partial charge in [0.2, 0.25) is 0 Å². The average molecular weight is 217 g/mol. The maximum absolute atomic E-state index is 8.73. The molecule has 4 heteroatoms. The lowest BCUT2D eigenvalue weighted by molar-refractivity contribution is -0.151. The van der Waals surface area contributed by atoms with Crippen LogP contribution in [0.1, 0.15) is 32.1 Å². The van der Waals surface area contributed by atoms with E-state index in [-0.39, 0.29) is 18.3 Å². The third-order valence-corrected chi connectivity index (χ3v) is 3.23. The Bertz CT molecular complexity index is 177. The molecule has 0 aromatic carbocycles. The second-order valence-corrected chi connectivity index (χ2v) is 4.16. The van der Waals surface area contributed by atoms with Crippen LogP contribution in [0.2, 0.25) is 0 Å². The summed E-state index contributed by atoms with van der Waals surface area (Å²) in [6.07, 6.45) is 5.09. The Morgan fingerprint density at radius 1 is 1.47 bits per heavy atom. The lowest BCUT2D eigenvalue weighted by Gasteiger charge is -2.42. The van der Waals surface area contributed by atoms with Gasteiger partial charge in [0.25, 0.3) is 0 Å². The topological polar surface area (TPSA) is 64.7 Å². The molecule has 2 unspecified atom stereocenters. The van der Waals surface area contributed by atoms with Crippen LogP contribution in [0.4, 0.5) is 0 Å². The fourth-order valence-corrected chi connectivity index (χ4v) is 2.31. The molecule has 0 heterocycles. The highest BCUT2D eigenvalue weighted by Gasteiger charge is 2.40. The van der Waals surface area contributed by atoms with E-state index in [2.05, 4.69) is 0 Å². The van der Waals surface area contributed by atoms with E-state index in [1.807, 2.05) is 0 Å². The number of nitrogens with two attached hydrogens (primary N) is 1. The van der Waals surface area contributed by atoms with Crippen LogP contribution in [0.25, 0.3) is 0 Å². The SMILES string of the molecule is COC1CCCCC1(CN)OCCCO. The minimum absolute atomic E-state index is 0.106. The number of aliphatic hydroxyl groups is 1. The van der Waals surface area contributed by atoms with Crippen molar-refractivity contribution in [3.05, 3.63) is 0 Å². The van der Waals surface area contributed by atoms with E-state index < -0.39 is 0 Å². The van der Waals surface area contributed by atoms with Crippen LogP contribution in [0, 0.1) is 0 Å². The monoisotopic (exact) mass is 217 g/mol. The summed E-state index contributed by atoms with van der Waals surface area (Å²) in [6, 6.07) is 0. The molecule has 4 nitrogen and oxygen atoms in total. The molecular weight excluding hydrogens is 194 g/mol. The lowest BCUT2D eigenvalue weighted by Crippen LogP contribution is -2.53. The Labute approximate surface area is 91.7 Å². The molecule has 0 saturated heterocycles. The van der Waals surface area contributed by atoms with E-state index in [4.69, 9.17) is 20.3 Å². The van der Waals surface area contributed by atoms with Crippen molar-refractivity contribution in [2.45, 2.75) is 43.8 Å². The van der Waals surface area contributed by atoms with Gasteiger partial charge in [-0.25, -0.2) is 0 Å². The normalized spacial score (nSPS) is 31.8. The van der Waals surface area contributed by atoms with Crippen LogP contribution in [0.15, 0.2) is 0 Å². The van der Waals surface area contributed by atoms with Crippen molar-refractivity contribution in [1.29, 1.82) is 0 Å². The van der Waals surface area contributed by atoms with Crippen LogP contribution in [-0.4, -0.2) is 43.7 Å². The Morgan fingerprint density at radius 2 is 2.27 bits per heavy atom. The summed E-state index contributed by atoms with van der Waals surface area (Å²) in [5, 5.41) is 8.73. The molecule has 2 atom stereocenters. The fourth-order valence-electron chi connectivity index (χ4n) is 2.31. The van der Waals surface area contributed by atoms with Crippen LogP contribution < -0.4 is 5.73 Å². The summed E-state index contributed by atoms with van der Waals surface area (Å²) < 4.78 is 11.3. The molecule has 15 heavy (non-hydrogen) atoms. The van der Waals surface area contributed by atoms with Gasteiger partial charge in [-0.1, -0.05) is 12.8 Å². The molecule has 1 saturated carbocycles. The zero-order valence-corrected chi connectivity index (χ0v) is 9.58. The molecule has 1 aliphatic carbocycles. The van der Waals surface area contributed by atoms with Gasteiger partial charge in [-0.15, -0.1) is 0 Å². The van der Waals surface area contributed by atoms with Crippen molar-refractivity contribution in [3.8, 4) is 0 Å². The molecule has 0 radical (unpaired) electrons. The molecule has 1 aliphatic rings. The van der Waals surface area contributed by atoms with Crippen LogP contribution in [-0.2, 0) is 9.47 Å². The van der Waals surface area contributed by atoms with Crippen molar-refractivity contribution in [3.63, 3.8) is 0 Å². The van der Waals surface area contributed by atoms with E-state index >= 15 is 0 Å². The highest BCUT2D eigenvalue weighted by atomic mass is 16.5. The standard InChI is InChI=1S/C11H23NO3/c1-14-10-5-2-3-6-11(10,9-12)15-8-4-7-13/h10,13H,2-9,12H2,1H3. The Kier molecular flexibility index (Phi) is 5.53. The van der Waals surface area contributed by atoms with Gasteiger partial charge in [0.1, 0.15) is 5.60 Å². The van der Waals surface area contributed by atoms with E-state index in [1.165, 1.54) is 6.42 Å². The molecule has 0 bridgehead atoms. The maximum atomic E-state index is 8.73. The molecule has 0 aromatic heterocycles. The number of methoxy groups -OCH3 is 1. The van der Waals surface area contributed by atoms with E-state index in [1.54, 1.807) is 7.11 Å². The highest BCUT2D eigenvalue weighted by Crippen LogP contribution is 2.33. The quantitative estimate of drug-likeness (QED) is 0.642. The molecule has 1 fully saturated rings. The second-order valence-electron chi connectivity index (χ2n) is 4.16. The first-order valence-electron chi connectivity index (χ1n) is 5.77. The first kappa shape index (κ1) is 12.9. The van der Waals surface area contributed by atoms with Gasteiger partial charge < -0.3 is 20.3 Å². The number of rotatable bonds is 6. The highest BCUT2D eigenvalue weighted by molar-refractivity contribution is 4.93. The summed E-state index contributed by atoms with van der Waals surface area (Å²) in [4.78, 5) is 0. The largest absolute Gasteiger partial charge is 0.396 e. The maximum Gasteiger partial charge on any atom is 0.106 e. The lowest BCUT2D eigenvalue weighted by atomic mass is 9.82. The number of aliphatic hydroxyl groups excluding tert-OH is 1. The number of hydrogen-bond donors (Lipinski definition) is 2. The summed E-state index contributed by atoms with van der Waals surface area (Å²) in [5.74, 6) is 0. The minimum Gasteiger partial charge on any atom is -0.396 e. The molecular formula is C11H23NO3. The van der Waals surface area contributed by atoms with Gasteiger partial charge in [0.15, 0.2) is 0 Å². The van der Waals surface area contributed by atoms with Crippen molar-refractivity contribution in [1.82, 2.24) is 0 Å². The Hall–Kier alpha value is -0.160. The van der Waals surface area contributed by atoms with E-state index in [0.717, 1.165) is 19.3 Å². The van der Waals surface area contributed by atoms with E-state index in [9.17, 15) is 0 Å². The van der Waals surface area contributed by atoms with Crippen LogP contribution in [0.3, 0.4) is 0 Å². The molecule has 3 N–H and O–H groups in total. The van der Waals surface area contributed by atoms with Gasteiger partial charge in [0, 0.05) is 26.9 Å². The summed E-state index contributed by atoms with van der Waals surface area (Å²) in [5.41, 5.74) is 5.50. The predicted octanol–water partition coefficient (Wildman–Crippen LogP) is 0.672. The van der Waals surface area contributed by atoms with Crippen molar-refractivity contribution >= 4 is 0 Å². The summed E-state index contributed by atoms with van der Waals surface area (Å²) in [7, 11) is 1.72. The fraction of sp³-hybridized carbons (Fsp3) is 1.00. The first-order chi connectivity index (χ1) is 7.29. The number of hydrogen-bond acceptors (Lipinski definition) is 4. The Morgan fingerprint density at radius 3 is 2.87 bits per heavy atom. The zero-order valence-electron chi connectivity index (χ0n) is 9.58. The summed E-state index contributed by atoms with van der Waals surface area (Å²) >= 11 is 0.